The Morgan fingerprint density at radius 3 is 2.22 bits per heavy atom. The van der Waals surface area contributed by atoms with Crippen LogP contribution in [0, 0.1) is 6.92 Å². The number of nitrogens with one attached hydrogen (secondary N) is 1. The van der Waals surface area contributed by atoms with Crippen molar-refractivity contribution in [1.29, 1.82) is 0 Å². The van der Waals surface area contributed by atoms with E-state index in [-0.39, 0.29) is 10.8 Å². The maximum absolute atomic E-state index is 12.4. The Labute approximate surface area is 160 Å². The monoisotopic (exact) mass is 387 g/mol. The van der Waals surface area contributed by atoms with E-state index in [0.29, 0.717) is 31.7 Å². The van der Waals surface area contributed by atoms with Crippen LogP contribution in [0.25, 0.3) is 0 Å². The van der Waals surface area contributed by atoms with E-state index >= 15 is 0 Å². The van der Waals surface area contributed by atoms with Gasteiger partial charge in [0.2, 0.25) is 10.0 Å². The van der Waals surface area contributed by atoms with Crippen molar-refractivity contribution in [3.05, 3.63) is 65.7 Å². The van der Waals surface area contributed by atoms with Gasteiger partial charge in [-0.2, -0.15) is 0 Å². The first kappa shape index (κ1) is 19.5. The highest BCUT2D eigenvalue weighted by Crippen LogP contribution is 2.11. The second kappa shape index (κ2) is 8.65. The lowest BCUT2D eigenvalue weighted by Gasteiger charge is -2.34. The van der Waals surface area contributed by atoms with Crippen LogP contribution in [0.1, 0.15) is 15.9 Å². The number of hydrogen-bond donors (Lipinski definition) is 1. The summed E-state index contributed by atoms with van der Waals surface area (Å²) in [6, 6.07) is 16.1. The average molecular weight is 388 g/mol. The molecule has 27 heavy (non-hydrogen) atoms. The number of amides is 1. The first-order valence-electron chi connectivity index (χ1n) is 9.09. The van der Waals surface area contributed by atoms with Gasteiger partial charge in [0.25, 0.3) is 5.91 Å². The number of nitrogens with zero attached hydrogens (tertiary/aromatic N) is 2. The number of aryl methyl sites for hydroxylation is 1. The molecule has 7 heteroatoms. The third kappa shape index (κ3) is 5.15. The molecule has 0 radical (unpaired) electrons. The second-order valence-corrected chi connectivity index (χ2v) is 8.48. The van der Waals surface area contributed by atoms with E-state index in [1.807, 2.05) is 42.2 Å². The van der Waals surface area contributed by atoms with Crippen molar-refractivity contribution in [2.45, 2.75) is 11.8 Å². The predicted molar refractivity (Wildman–Crippen MR) is 105 cm³/mol. The Kier molecular flexibility index (Phi) is 6.26. The number of hydrogen-bond acceptors (Lipinski definition) is 4. The van der Waals surface area contributed by atoms with E-state index in [1.54, 1.807) is 24.3 Å². The molecule has 0 bridgehead atoms. The number of rotatable bonds is 6. The molecular formula is C20H25N3O3S. The van der Waals surface area contributed by atoms with Crippen LogP contribution in [-0.4, -0.2) is 63.4 Å². The van der Waals surface area contributed by atoms with Gasteiger partial charge in [0.05, 0.1) is 4.90 Å². The smallest absolute Gasteiger partial charge is 0.253 e. The van der Waals surface area contributed by atoms with Crippen molar-refractivity contribution >= 4 is 15.9 Å². The fourth-order valence-corrected chi connectivity index (χ4v) is 4.10. The third-order valence-electron chi connectivity index (χ3n) is 4.73. The number of sulfonamides is 1. The minimum atomic E-state index is -3.48. The standard InChI is InChI=1S/C20H25N3O3S/c1-17-7-9-19(10-8-17)27(25,26)21-11-12-22-13-15-23(16-14-22)20(24)18-5-3-2-4-6-18/h2-10,21H,11-16H2,1H3. The van der Waals surface area contributed by atoms with Crippen molar-refractivity contribution in [3.63, 3.8) is 0 Å². The van der Waals surface area contributed by atoms with E-state index in [4.69, 9.17) is 0 Å². The van der Waals surface area contributed by atoms with Gasteiger partial charge in [-0.05, 0) is 31.2 Å². The molecule has 1 aliphatic heterocycles. The van der Waals surface area contributed by atoms with Gasteiger partial charge in [-0.3, -0.25) is 9.69 Å². The average Bonchev–Trinajstić information content (AvgIpc) is 2.69. The van der Waals surface area contributed by atoms with Gasteiger partial charge in [-0.15, -0.1) is 0 Å². The lowest BCUT2D eigenvalue weighted by Crippen LogP contribution is -2.50. The largest absolute Gasteiger partial charge is 0.336 e. The van der Waals surface area contributed by atoms with Crippen LogP contribution in [0.5, 0.6) is 0 Å². The Hall–Kier alpha value is -2.22. The fourth-order valence-electron chi connectivity index (χ4n) is 3.08. The van der Waals surface area contributed by atoms with Gasteiger partial charge in [0.1, 0.15) is 0 Å². The lowest BCUT2D eigenvalue weighted by molar-refractivity contribution is 0.0640. The van der Waals surface area contributed by atoms with Crippen molar-refractivity contribution in [2.75, 3.05) is 39.3 Å². The zero-order valence-electron chi connectivity index (χ0n) is 15.5. The maximum atomic E-state index is 12.4. The molecule has 1 aliphatic rings. The number of benzene rings is 2. The minimum Gasteiger partial charge on any atom is -0.336 e. The van der Waals surface area contributed by atoms with Gasteiger partial charge < -0.3 is 4.90 Å². The molecular weight excluding hydrogens is 362 g/mol. The van der Waals surface area contributed by atoms with E-state index in [2.05, 4.69) is 9.62 Å². The Balaban J connectivity index is 1.44. The molecule has 0 atom stereocenters. The lowest BCUT2D eigenvalue weighted by atomic mass is 10.2. The molecule has 0 saturated carbocycles. The molecule has 1 amide bonds. The van der Waals surface area contributed by atoms with Gasteiger partial charge in [0, 0.05) is 44.8 Å². The van der Waals surface area contributed by atoms with Gasteiger partial charge in [0.15, 0.2) is 0 Å². The zero-order valence-corrected chi connectivity index (χ0v) is 16.3. The van der Waals surface area contributed by atoms with Crippen molar-refractivity contribution in [2.24, 2.45) is 0 Å². The summed E-state index contributed by atoms with van der Waals surface area (Å²) in [5, 5.41) is 0. The SMILES string of the molecule is Cc1ccc(S(=O)(=O)NCCN2CCN(C(=O)c3ccccc3)CC2)cc1. The van der Waals surface area contributed by atoms with Crippen LogP contribution >= 0.6 is 0 Å². The number of carbonyl (C=O) groups is 1. The van der Waals surface area contributed by atoms with E-state index in [1.165, 1.54) is 0 Å². The molecule has 0 spiro atoms. The van der Waals surface area contributed by atoms with Crippen LogP contribution < -0.4 is 4.72 Å². The minimum absolute atomic E-state index is 0.0512. The first-order chi connectivity index (χ1) is 13.0. The molecule has 1 N–H and O–H groups in total. The Bertz CT molecular complexity index is 859. The third-order valence-corrected chi connectivity index (χ3v) is 6.21. The molecule has 144 valence electrons. The Morgan fingerprint density at radius 2 is 1.59 bits per heavy atom. The van der Waals surface area contributed by atoms with E-state index < -0.39 is 10.0 Å². The molecule has 1 saturated heterocycles. The molecule has 2 aromatic carbocycles. The first-order valence-corrected chi connectivity index (χ1v) is 10.6. The maximum Gasteiger partial charge on any atom is 0.253 e. The normalized spacial score (nSPS) is 15.7. The second-order valence-electron chi connectivity index (χ2n) is 6.71. The quantitative estimate of drug-likeness (QED) is 0.820. The summed E-state index contributed by atoms with van der Waals surface area (Å²) in [5.74, 6) is 0.0512. The molecule has 0 aliphatic carbocycles. The van der Waals surface area contributed by atoms with Crippen LogP contribution in [0.15, 0.2) is 59.5 Å². The molecule has 1 heterocycles. The topological polar surface area (TPSA) is 69.7 Å². The summed E-state index contributed by atoms with van der Waals surface area (Å²) >= 11 is 0. The fraction of sp³-hybridized carbons (Fsp3) is 0.350. The highest BCUT2D eigenvalue weighted by Gasteiger charge is 2.22. The molecule has 6 nitrogen and oxygen atoms in total. The molecule has 0 unspecified atom stereocenters. The summed E-state index contributed by atoms with van der Waals surface area (Å²) in [5.41, 5.74) is 1.73. The number of carbonyl (C=O) groups excluding carboxylic acids is 1. The van der Waals surface area contributed by atoms with Crippen LogP contribution in [0.2, 0.25) is 0 Å². The van der Waals surface area contributed by atoms with Crippen LogP contribution in [0.3, 0.4) is 0 Å². The Morgan fingerprint density at radius 1 is 0.963 bits per heavy atom. The van der Waals surface area contributed by atoms with Crippen molar-refractivity contribution in [3.8, 4) is 0 Å². The predicted octanol–water partition coefficient (Wildman–Crippen LogP) is 1.73. The summed E-state index contributed by atoms with van der Waals surface area (Å²) in [6.45, 7) is 5.68. The van der Waals surface area contributed by atoms with E-state index in [0.717, 1.165) is 18.7 Å². The van der Waals surface area contributed by atoms with Crippen LogP contribution in [0.4, 0.5) is 0 Å². The molecule has 3 rings (SSSR count). The summed E-state index contributed by atoms with van der Waals surface area (Å²) in [6.07, 6.45) is 0. The van der Waals surface area contributed by atoms with Gasteiger partial charge in [-0.1, -0.05) is 35.9 Å². The highest BCUT2D eigenvalue weighted by atomic mass is 32.2. The summed E-state index contributed by atoms with van der Waals surface area (Å²) in [4.78, 5) is 16.8. The molecule has 2 aromatic rings. The highest BCUT2D eigenvalue weighted by molar-refractivity contribution is 7.89. The summed E-state index contributed by atoms with van der Waals surface area (Å²) in [7, 11) is -3.48. The number of piperazine rings is 1. The van der Waals surface area contributed by atoms with Gasteiger partial charge in [-0.25, -0.2) is 13.1 Å². The van der Waals surface area contributed by atoms with Crippen molar-refractivity contribution < 1.29 is 13.2 Å². The van der Waals surface area contributed by atoms with E-state index in [9.17, 15) is 13.2 Å². The molecule has 1 fully saturated rings. The summed E-state index contributed by atoms with van der Waals surface area (Å²) < 4.78 is 27.3. The van der Waals surface area contributed by atoms with Crippen molar-refractivity contribution in [1.82, 2.24) is 14.5 Å². The zero-order chi connectivity index (χ0) is 19.3. The molecule has 0 aromatic heterocycles. The van der Waals surface area contributed by atoms with Crippen LogP contribution in [-0.2, 0) is 10.0 Å². The van der Waals surface area contributed by atoms with Gasteiger partial charge >= 0.3 is 0 Å².